The lowest BCUT2D eigenvalue weighted by Crippen LogP contribution is -1.81. The molecule has 2 rings (SSSR count). The Morgan fingerprint density at radius 2 is 1.87 bits per heavy atom. The monoisotopic (exact) mass is 221 g/mol. The van der Waals surface area contributed by atoms with Crippen molar-refractivity contribution in [1.82, 2.24) is 4.98 Å². The van der Waals surface area contributed by atoms with Crippen LogP contribution in [-0.2, 0) is 0 Å². The minimum atomic E-state index is 0.737. The summed E-state index contributed by atoms with van der Waals surface area (Å²) in [4.78, 5) is 4.22. The molecule has 80 valence electrons. The van der Waals surface area contributed by atoms with E-state index in [0.717, 1.165) is 10.5 Å². The van der Waals surface area contributed by atoms with Crippen molar-refractivity contribution in [2.75, 3.05) is 0 Å². The van der Waals surface area contributed by atoms with Crippen LogP contribution < -0.4 is 0 Å². The van der Waals surface area contributed by atoms with E-state index >= 15 is 0 Å². The topological polar surface area (TPSA) is 12.9 Å². The Labute approximate surface area is 96.1 Å². The van der Waals surface area contributed by atoms with E-state index in [9.17, 15) is 0 Å². The molecule has 0 radical (unpaired) electrons. The van der Waals surface area contributed by atoms with Crippen LogP contribution in [-0.4, -0.2) is 4.98 Å². The zero-order valence-electron chi connectivity index (χ0n) is 9.42. The first kappa shape index (κ1) is 12.0. The molecule has 0 atom stereocenters. The van der Waals surface area contributed by atoms with Crippen molar-refractivity contribution in [3.05, 3.63) is 41.0 Å². The molecule has 0 N–H and O–H groups in total. The summed E-state index contributed by atoms with van der Waals surface area (Å²) < 4.78 is 0. The van der Waals surface area contributed by atoms with Gasteiger partial charge in [-0.15, -0.1) is 0 Å². The Hall–Kier alpha value is -1.08. The molecule has 15 heavy (non-hydrogen) atoms. The fourth-order valence-electron chi connectivity index (χ4n) is 1.26. The van der Waals surface area contributed by atoms with Crippen LogP contribution in [0, 0.1) is 6.92 Å². The normalized spacial score (nSPS) is 9.60. The van der Waals surface area contributed by atoms with Crippen molar-refractivity contribution >= 4 is 22.5 Å². The van der Waals surface area contributed by atoms with E-state index in [4.69, 9.17) is 11.6 Å². The molecule has 1 heterocycles. The summed E-state index contributed by atoms with van der Waals surface area (Å²) in [5, 5.41) is 1.91. The maximum Gasteiger partial charge on any atom is 0.0719 e. The maximum atomic E-state index is 5.83. The molecule has 0 aliphatic rings. The molecule has 1 aromatic carbocycles. The Bertz CT molecular complexity index is 437. The van der Waals surface area contributed by atoms with E-state index in [0.29, 0.717) is 0 Å². The maximum absolute atomic E-state index is 5.83. The Balaban J connectivity index is 0.000000337. The van der Waals surface area contributed by atoms with Crippen LogP contribution >= 0.6 is 11.6 Å². The Kier molecular flexibility index (Phi) is 4.57. The molecule has 0 amide bonds. The number of rotatable bonds is 0. The van der Waals surface area contributed by atoms with Gasteiger partial charge in [0.2, 0.25) is 0 Å². The van der Waals surface area contributed by atoms with E-state index in [1.54, 1.807) is 6.20 Å². The molecule has 0 aliphatic heterocycles. The third kappa shape index (κ3) is 3.21. The van der Waals surface area contributed by atoms with Gasteiger partial charge in [0.1, 0.15) is 0 Å². The Morgan fingerprint density at radius 3 is 2.53 bits per heavy atom. The second kappa shape index (κ2) is 5.72. The predicted octanol–water partition coefficient (Wildman–Crippen LogP) is 4.61. The van der Waals surface area contributed by atoms with Crippen molar-refractivity contribution in [2.45, 2.75) is 27.2 Å². The van der Waals surface area contributed by atoms with E-state index in [1.807, 2.05) is 24.3 Å². The van der Waals surface area contributed by atoms with Gasteiger partial charge in [-0.05, 0) is 30.7 Å². The SMILES string of the molecule is CCC.Cc1ccnc2cc(Cl)ccc12. The minimum absolute atomic E-state index is 0.737. The van der Waals surface area contributed by atoms with E-state index in [1.165, 1.54) is 17.4 Å². The lowest BCUT2D eigenvalue weighted by Gasteiger charge is -1.99. The quantitative estimate of drug-likeness (QED) is 0.633. The molecule has 0 bridgehead atoms. The van der Waals surface area contributed by atoms with Gasteiger partial charge in [-0.3, -0.25) is 4.98 Å². The van der Waals surface area contributed by atoms with Crippen molar-refractivity contribution in [1.29, 1.82) is 0 Å². The van der Waals surface area contributed by atoms with Crippen LogP contribution in [0.4, 0.5) is 0 Å². The second-order valence-electron chi connectivity index (χ2n) is 3.50. The van der Waals surface area contributed by atoms with Crippen molar-refractivity contribution < 1.29 is 0 Å². The fraction of sp³-hybridized carbons (Fsp3) is 0.308. The number of hydrogen-bond acceptors (Lipinski definition) is 1. The lowest BCUT2D eigenvalue weighted by atomic mass is 10.1. The summed E-state index contributed by atoms with van der Waals surface area (Å²) in [5.41, 5.74) is 2.19. The average molecular weight is 222 g/mol. The van der Waals surface area contributed by atoms with Gasteiger partial charge >= 0.3 is 0 Å². The van der Waals surface area contributed by atoms with Crippen LogP contribution in [0.1, 0.15) is 25.8 Å². The van der Waals surface area contributed by atoms with Gasteiger partial charge in [0.15, 0.2) is 0 Å². The second-order valence-corrected chi connectivity index (χ2v) is 3.93. The van der Waals surface area contributed by atoms with Crippen LogP contribution in [0.3, 0.4) is 0 Å². The first-order valence-corrected chi connectivity index (χ1v) is 5.57. The molecule has 2 heteroatoms. The number of pyridine rings is 1. The highest BCUT2D eigenvalue weighted by Gasteiger charge is 1.97. The molecule has 2 aromatic rings. The molecule has 0 saturated heterocycles. The number of aryl methyl sites for hydroxylation is 1. The summed E-state index contributed by atoms with van der Waals surface area (Å²) >= 11 is 5.83. The van der Waals surface area contributed by atoms with Gasteiger partial charge in [-0.1, -0.05) is 37.9 Å². The van der Waals surface area contributed by atoms with Gasteiger partial charge in [-0.2, -0.15) is 0 Å². The van der Waals surface area contributed by atoms with Crippen molar-refractivity contribution in [3.63, 3.8) is 0 Å². The number of fused-ring (bicyclic) bond motifs is 1. The molecule has 0 aliphatic carbocycles. The van der Waals surface area contributed by atoms with E-state index in [-0.39, 0.29) is 0 Å². The molecule has 0 saturated carbocycles. The number of halogens is 1. The average Bonchev–Trinajstić information content (AvgIpc) is 2.19. The number of benzene rings is 1. The highest BCUT2D eigenvalue weighted by atomic mass is 35.5. The van der Waals surface area contributed by atoms with E-state index < -0.39 is 0 Å². The zero-order valence-corrected chi connectivity index (χ0v) is 10.2. The van der Waals surface area contributed by atoms with E-state index in [2.05, 4.69) is 25.8 Å². The fourth-order valence-corrected chi connectivity index (χ4v) is 1.43. The highest BCUT2D eigenvalue weighted by Crippen LogP contribution is 2.19. The van der Waals surface area contributed by atoms with Crippen LogP contribution in [0.2, 0.25) is 5.02 Å². The predicted molar refractivity (Wildman–Crippen MR) is 67.5 cm³/mol. The van der Waals surface area contributed by atoms with Crippen LogP contribution in [0.25, 0.3) is 10.9 Å². The van der Waals surface area contributed by atoms with Crippen molar-refractivity contribution in [3.8, 4) is 0 Å². The van der Waals surface area contributed by atoms with Gasteiger partial charge in [0, 0.05) is 16.6 Å². The summed E-state index contributed by atoms with van der Waals surface area (Å²) in [5.74, 6) is 0. The minimum Gasteiger partial charge on any atom is -0.256 e. The number of aromatic nitrogens is 1. The highest BCUT2D eigenvalue weighted by molar-refractivity contribution is 6.31. The molecule has 0 unspecified atom stereocenters. The summed E-state index contributed by atoms with van der Waals surface area (Å²) in [6, 6.07) is 7.76. The van der Waals surface area contributed by atoms with Gasteiger partial charge in [-0.25, -0.2) is 0 Å². The molecule has 0 fully saturated rings. The lowest BCUT2D eigenvalue weighted by molar-refractivity contribution is 1.09. The molecule has 1 nitrogen and oxygen atoms in total. The largest absolute Gasteiger partial charge is 0.256 e. The zero-order chi connectivity index (χ0) is 11.3. The molecule has 1 aromatic heterocycles. The molecular weight excluding hydrogens is 206 g/mol. The first-order valence-electron chi connectivity index (χ1n) is 5.20. The first-order chi connectivity index (χ1) is 7.19. The summed E-state index contributed by atoms with van der Waals surface area (Å²) in [6.45, 7) is 6.32. The number of hydrogen-bond donors (Lipinski definition) is 0. The smallest absolute Gasteiger partial charge is 0.0719 e. The third-order valence-corrected chi connectivity index (χ3v) is 2.16. The van der Waals surface area contributed by atoms with Gasteiger partial charge in [0.25, 0.3) is 0 Å². The molecule has 0 spiro atoms. The summed E-state index contributed by atoms with van der Waals surface area (Å²) in [6.07, 6.45) is 3.05. The Morgan fingerprint density at radius 1 is 1.20 bits per heavy atom. The third-order valence-electron chi connectivity index (χ3n) is 1.92. The standard InChI is InChI=1S/C10H8ClN.C3H8/c1-7-4-5-12-10-6-8(11)2-3-9(7)10;1-3-2/h2-6H,1H3;3H2,1-2H3. The van der Waals surface area contributed by atoms with Crippen LogP contribution in [0.5, 0.6) is 0 Å². The van der Waals surface area contributed by atoms with Crippen LogP contribution in [0.15, 0.2) is 30.5 Å². The summed E-state index contributed by atoms with van der Waals surface area (Å²) in [7, 11) is 0. The number of nitrogens with zero attached hydrogens (tertiary/aromatic N) is 1. The van der Waals surface area contributed by atoms with Crippen molar-refractivity contribution in [2.24, 2.45) is 0 Å². The van der Waals surface area contributed by atoms with Gasteiger partial charge in [0.05, 0.1) is 5.52 Å². The molecular formula is C13H16ClN. The van der Waals surface area contributed by atoms with Gasteiger partial charge < -0.3 is 0 Å².